The number of carbonyl (C=O) groups excluding carboxylic acids is 2. The van der Waals surface area contributed by atoms with Crippen LogP contribution in [0.4, 0.5) is 4.39 Å². The molecule has 0 aromatic heterocycles. The quantitative estimate of drug-likeness (QED) is 0.186. The van der Waals surface area contributed by atoms with E-state index in [1.54, 1.807) is 12.1 Å². The molecule has 1 saturated heterocycles. The maximum absolute atomic E-state index is 13.5. The molecule has 3 saturated carbocycles. The lowest BCUT2D eigenvalue weighted by Gasteiger charge is -2.71. The number of hydrogen-bond acceptors (Lipinski definition) is 7. The predicted molar refractivity (Wildman–Crippen MR) is 197 cm³/mol. The van der Waals surface area contributed by atoms with Gasteiger partial charge in [-0.05, 0) is 109 Å². The summed E-state index contributed by atoms with van der Waals surface area (Å²) in [5, 5.41) is 14.3. The topological polar surface area (TPSA) is 111 Å². The third-order valence-corrected chi connectivity index (χ3v) is 15.7. The van der Waals surface area contributed by atoms with Gasteiger partial charge in [0, 0.05) is 23.8 Å². The van der Waals surface area contributed by atoms with Crippen molar-refractivity contribution in [2.75, 3.05) is 19.8 Å². The molecule has 6 rings (SSSR count). The third kappa shape index (κ3) is 6.14. The smallest absolute Gasteiger partial charge is 0.320 e. The van der Waals surface area contributed by atoms with Crippen LogP contribution in [0.5, 0.6) is 0 Å². The highest BCUT2D eigenvalue weighted by atomic mass is 19.1. The first-order valence-corrected chi connectivity index (χ1v) is 19.7. The molecule has 288 valence electrons. The van der Waals surface area contributed by atoms with Crippen LogP contribution in [0.3, 0.4) is 0 Å². The fourth-order valence-corrected chi connectivity index (χ4v) is 12.6. The minimum Gasteiger partial charge on any atom is -0.481 e. The Kier molecular flexibility index (Phi) is 10.3. The van der Waals surface area contributed by atoms with Gasteiger partial charge in [0.05, 0.1) is 25.7 Å². The number of benzene rings is 1. The van der Waals surface area contributed by atoms with Gasteiger partial charge >= 0.3 is 17.9 Å². The Morgan fingerprint density at radius 3 is 2.31 bits per heavy atom. The van der Waals surface area contributed by atoms with Crippen LogP contribution < -0.4 is 5.32 Å². The first-order chi connectivity index (χ1) is 24.3. The molecule has 4 aliphatic carbocycles. The van der Waals surface area contributed by atoms with Gasteiger partial charge in [-0.3, -0.25) is 14.4 Å². The molecule has 0 spiro atoms. The van der Waals surface area contributed by atoms with Gasteiger partial charge < -0.3 is 24.6 Å². The lowest BCUT2D eigenvalue weighted by Crippen LogP contribution is -2.70. The van der Waals surface area contributed by atoms with Crippen LogP contribution in [-0.2, 0) is 35.0 Å². The Balaban J connectivity index is 1.28. The summed E-state index contributed by atoms with van der Waals surface area (Å²) in [7, 11) is 0. The van der Waals surface area contributed by atoms with Crippen molar-refractivity contribution in [1.29, 1.82) is 0 Å². The molecule has 1 aromatic rings. The van der Waals surface area contributed by atoms with Gasteiger partial charge in [0.1, 0.15) is 18.0 Å². The van der Waals surface area contributed by atoms with E-state index >= 15 is 0 Å². The number of esters is 2. The summed E-state index contributed by atoms with van der Waals surface area (Å²) in [6.07, 6.45) is 6.52. The number of carboxylic acids is 1. The van der Waals surface area contributed by atoms with Crippen molar-refractivity contribution in [2.24, 2.45) is 56.7 Å². The number of aliphatic carboxylic acids is 1. The minimum atomic E-state index is -0.683. The number of ether oxygens (including phenoxy) is 3. The molecular formula is C43H62FNO7. The molecule has 1 unspecified atom stereocenters. The van der Waals surface area contributed by atoms with Crippen LogP contribution >= 0.6 is 0 Å². The van der Waals surface area contributed by atoms with Gasteiger partial charge in [0.2, 0.25) is 0 Å². The number of carbonyl (C=O) groups is 3. The average Bonchev–Trinajstić information content (AvgIpc) is 3.06. The lowest BCUT2D eigenvalue weighted by atomic mass is 9.34. The summed E-state index contributed by atoms with van der Waals surface area (Å²) in [6, 6.07) is 6.30. The van der Waals surface area contributed by atoms with Gasteiger partial charge in [-0.1, -0.05) is 72.2 Å². The predicted octanol–water partition coefficient (Wildman–Crippen LogP) is 7.78. The normalized spacial score (nSPS) is 40.7. The fraction of sp³-hybridized carbons (Fsp3) is 0.744. The molecule has 8 nitrogen and oxygen atoms in total. The minimum absolute atomic E-state index is 0.0122. The second kappa shape index (κ2) is 13.8. The summed E-state index contributed by atoms with van der Waals surface area (Å²) >= 11 is 0. The highest BCUT2D eigenvalue weighted by Gasteiger charge is 2.72. The highest BCUT2D eigenvalue weighted by molar-refractivity contribution is 5.73. The number of carboxylic acid groups (broad SMARTS) is 1. The number of allylic oxidation sites excluding steroid dienone is 1. The lowest BCUT2D eigenvalue weighted by molar-refractivity contribution is -0.262. The molecule has 12 atom stereocenters. The highest BCUT2D eigenvalue weighted by Crippen LogP contribution is 2.75. The van der Waals surface area contributed by atoms with Gasteiger partial charge in [-0.25, -0.2) is 4.39 Å². The fourth-order valence-electron chi connectivity index (χ4n) is 12.6. The van der Waals surface area contributed by atoms with Crippen molar-refractivity contribution < 1.29 is 38.1 Å². The first-order valence-electron chi connectivity index (χ1n) is 19.7. The summed E-state index contributed by atoms with van der Waals surface area (Å²) < 4.78 is 32.3. The Labute approximate surface area is 310 Å². The number of fused-ring (bicyclic) bond motifs is 3. The number of rotatable bonds is 10. The molecule has 1 aliphatic heterocycles. The van der Waals surface area contributed by atoms with E-state index < -0.39 is 52.3 Å². The van der Waals surface area contributed by atoms with Crippen molar-refractivity contribution in [2.45, 2.75) is 126 Å². The van der Waals surface area contributed by atoms with E-state index in [-0.39, 0.29) is 47.0 Å². The SMILES string of the molecule is CC(=O)O[C@@H]1C[C@]23COC[C@](C)([C@@H]2CC[C@H]2C3=CC[C@@]3(C)[C@H](C(=O)O)[C@@](C)([C@H](C)C(C)C)CC[C@]23C)[C@H]1OC(=O)CNC(C)Cc1ccc(F)cc1. The van der Waals surface area contributed by atoms with Gasteiger partial charge in [-0.15, -0.1) is 0 Å². The molecule has 1 heterocycles. The zero-order valence-corrected chi connectivity index (χ0v) is 32.9. The molecule has 4 fully saturated rings. The van der Waals surface area contributed by atoms with Crippen LogP contribution in [0.1, 0.15) is 106 Å². The van der Waals surface area contributed by atoms with Crippen molar-refractivity contribution >= 4 is 17.9 Å². The van der Waals surface area contributed by atoms with E-state index in [1.165, 1.54) is 24.6 Å². The first kappa shape index (κ1) is 38.9. The average molecular weight is 724 g/mol. The number of hydrogen-bond donors (Lipinski definition) is 2. The zero-order valence-electron chi connectivity index (χ0n) is 32.9. The van der Waals surface area contributed by atoms with Crippen LogP contribution in [0.25, 0.3) is 0 Å². The standard InChI is InChI=1S/C43H62FNO7/c1-25(2)27(4)39(6)18-19-41(8)31-14-15-34-40(7)23-50-24-43(34,32(31)16-17-42(41,9)36(39)38(48)49)21-33(51-28(5)46)37(40)52-35(47)22-45-26(3)20-29-10-12-30(44)13-11-29/h10-13,16,25-27,31,33-34,36-37,45H,14-15,17-24H2,1-9H3,(H,48,49)/t26?,27-,31+,33-,34+,36-,37+,39-,40-,41-,42+,43-/m1/s1. The molecular weight excluding hydrogens is 661 g/mol. The van der Waals surface area contributed by atoms with E-state index in [4.69, 9.17) is 14.2 Å². The van der Waals surface area contributed by atoms with E-state index in [0.717, 1.165) is 31.2 Å². The Morgan fingerprint density at radius 1 is 0.981 bits per heavy atom. The molecule has 0 radical (unpaired) electrons. The van der Waals surface area contributed by atoms with Crippen LogP contribution in [0.2, 0.25) is 0 Å². The molecule has 5 aliphatic rings. The Bertz CT molecular complexity index is 1580. The second-order valence-corrected chi connectivity index (χ2v) is 18.7. The number of nitrogens with one attached hydrogen (secondary N) is 1. The molecule has 0 amide bonds. The largest absolute Gasteiger partial charge is 0.481 e. The van der Waals surface area contributed by atoms with Gasteiger partial charge in [0.15, 0.2) is 0 Å². The maximum Gasteiger partial charge on any atom is 0.320 e. The molecule has 2 bridgehead atoms. The van der Waals surface area contributed by atoms with Crippen LogP contribution in [-0.4, -0.2) is 61.0 Å². The van der Waals surface area contributed by atoms with Crippen molar-refractivity contribution in [3.63, 3.8) is 0 Å². The van der Waals surface area contributed by atoms with Crippen LogP contribution in [0, 0.1) is 62.5 Å². The summed E-state index contributed by atoms with van der Waals surface area (Å²) in [4.78, 5) is 39.6. The second-order valence-electron chi connectivity index (χ2n) is 18.7. The third-order valence-electron chi connectivity index (χ3n) is 15.7. The zero-order chi connectivity index (χ0) is 38.0. The maximum atomic E-state index is 13.5. The summed E-state index contributed by atoms with van der Waals surface area (Å²) in [6.45, 7) is 19.9. The van der Waals surface area contributed by atoms with E-state index in [0.29, 0.717) is 38.4 Å². The van der Waals surface area contributed by atoms with Gasteiger partial charge in [0.25, 0.3) is 0 Å². The Morgan fingerprint density at radius 2 is 1.67 bits per heavy atom. The Hall–Kier alpha value is -2.78. The molecule has 52 heavy (non-hydrogen) atoms. The van der Waals surface area contributed by atoms with Crippen molar-refractivity contribution in [1.82, 2.24) is 5.32 Å². The number of halogens is 1. The monoisotopic (exact) mass is 723 g/mol. The van der Waals surface area contributed by atoms with Crippen molar-refractivity contribution in [3.05, 3.63) is 47.3 Å². The van der Waals surface area contributed by atoms with E-state index in [9.17, 15) is 23.9 Å². The summed E-state index contributed by atoms with van der Waals surface area (Å²) in [5.41, 5.74) is 0.314. The molecule has 9 heteroatoms. The van der Waals surface area contributed by atoms with E-state index in [1.807, 2.05) is 6.92 Å². The summed E-state index contributed by atoms with van der Waals surface area (Å²) in [5.74, 6) is -1.31. The molecule has 2 N–H and O–H groups in total. The van der Waals surface area contributed by atoms with Gasteiger partial charge in [-0.2, -0.15) is 0 Å². The van der Waals surface area contributed by atoms with Crippen LogP contribution in [0.15, 0.2) is 35.9 Å². The molecule has 1 aromatic carbocycles. The van der Waals surface area contributed by atoms with E-state index in [2.05, 4.69) is 59.9 Å². The van der Waals surface area contributed by atoms with Crippen molar-refractivity contribution in [3.8, 4) is 0 Å².